The second kappa shape index (κ2) is 5.99. The van der Waals surface area contributed by atoms with Crippen molar-refractivity contribution in [2.24, 2.45) is 0 Å². The van der Waals surface area contributed by atoms with E-state index in [1.54, 1.807) is 26.9 Å². The van der Waals surface area contributed by atoms with Gasteiger partial charge in [0.2, 0.25) is 0 Å². The summed E-state index contributed by atoms with van der Waals surface area (Å²) >= 11 is 0. The van der Waals surface area contributed by atoms with Crippen LogP contribution in [0.4, 0.5) is 5.82 Å². The van der Waals surface area contributed by atoms with Crippen molar-refractivity contribution in [2.45, 2.75) is 25.4 Å². The summed E-state index contributed by atoms with van der Waals surface area (Å²) in [5.41, 5.74) is 2.62. The number of anilines is 1. The van der Waals surface area contributed by atoms with Crippen LogP contribution in [-0.2, 0) is 6.54 Å². The molecule has 3 aromatic rings. The fourth-order valence-electron chi connectivity index (χ4n) is 2.92. The van der Waals surface area contributed by atoms with E-state index in [0.717, 1.165) is 41.2 Å². The number of methoxy groups -OCH3 is 2. The number of imidazole rings is 1. The van der Waals surface area contributed by atoms with E-state index in [9.17, 15) is 0 Å². The second-order valence-electron chi connectivity index (χ2n) is 5.84. The standard InChI is InChI=1S/C17H19N5O2/c1-23-13-5-6-14(24-2)11(7-13)8-22(12-3-4-12)17-15-16(19-9-18-15)20-10-21-17/h5-7,9-10,12H,3-4,8H2,1-2H3,(H,18,19,20,21). The van der Waals surface area contributed by atoms with Gasteiger partial charge in [-0.1, -0.05) is 0 Å². The SMILES string of the molecule is COc1ccc(OC)c(CN(c2ncnc3nc[nH]c23)C2CC2)c1. The number of aromatic amines is 1. The van der Waals surface area contributed by atoms with Crippen molar-refractivity contribution in [1.29, 1.82) is 0 Å². The van der Waals surface area contributed by atoms with Gasteiger partial charge in [-0.25, -0.2) is 15.0 Å². The van der Waals surface area contributed by atoms with Gasteiger partial charge in [0.1, 0.15) is 23.3 Å². The predicted molar refractivity (Wildman–Crippen MR) is 90.4 cm³/mol. The molecule has 0 amide bonds. The van der Waals surface area contributed by atoms with E-state index < -0.39 is 0 Å². The van der Waals surface area contributed by atoms with Crippen molar-refractivity contribution < 1.29 is 9.47 Å². The summed E-state index contributed by atoms with van der Waals surface area (Å²) in [7, 11) is 3.35. The zero-order valence-corrected chi connectivity index (χ0v) is 13.7. The van der Waals surface area contributed by atoms with Gasteiger partial charge in [0.15, 0.2) is 11.5 Å². The Morgan fingerprint density at radius 2 is 2.04 bits per heavy atom. The largest absolute Gasteiger partial charge is 0.497 e. The molecule has 0 atom stereocenters. The van der Waals surface area contributed by atoms with E-state index in [0.29, 0.717) is 18.2 Å². The average Bonchev–Trinajstić information content (AvgIpc) is 3.35. The molecule has 4 rings (SSSR count). The van der Waals surface area contributed by atoms with Gasteiger partial charge in [-0.3, -0.25) is 0 Å². The van der Waals surface area contributed by atoms with Gasteiger partial charge in [-0.05, 0) is 31.0 Å². The van der Waals surface area contributed by atoms with E-state index in [4.69, 9.17) is 9.47 Å². The molecular formula is C17H19N5O2. The summed E-state index contributed by atoms with van der Waals surface area (Å²) in [4.78, 5) is 18.4. The number of H-pyrrole nitrogens is 1. The lowest BCUT2D eigenvalue weighted by Gasteiger charge is -2.25. The molecule has 0 spiro atoms. The number of rotatable bonds is 6. The molecule has 1 aliphatic rings. The van der Waals surface area contributed by atoms with Crippen LogP contribution in [0.15, 0.2) is 30.9 Å². The third-order valence-electron chi connectivity index (χ3n) is 4.29. The van der Waals surface area contributed by atoms with Gasteiger partial charge in [0.25, 0.3) is 0 Å². The Balaban J connectivity index is 1.74. The van der Waals surface area contributed by atoms with Crippen LogP contribution in [0.1, 0.15) is 18.4 Å². The second-order valence-corrected chi connectivity index (χ2v) is 5.84. The van der Waals surface area contributed by atoms with Crippen LogP contribution in [-0.4, -0.2) is 40.2 Å². The quantitative estimate of drug-likeness (QED) is 0.750. The Morgan fingerprint density at radius 3 is 2.79 bits per heavy atom. The maximum atomic E-state index is 5.52. The molecule has 0 bridgehead atoms. The first-order valence-electron chi connectivity index (χ1n) is 7.91. The molecule has 1 N–H and O–H groups in total. The molecule has 1 saturated carbocycles. The fraction of sp³-hybridized carbons (Fsp3) is 0.353. The van der Waals surface area contributed by atoms with Crippen LogP contribution >= 0.6 is 0 Å². The number of hydrogen-bond acceptors (Lipinski definition) is 6. The average molecular weight is 325 g/mol. The lowest BCUT2D eigenvalue weighted by molar-refractivity contribution is 0.398. The van der Waals surface area contributed by atoms with Crippen LogP contribution < -0.4 is 14.4 Å². The predicted octanol–water partition coefficient (Wildman–Crippen LogP) is 2.54. The zero-order chi connectivity index (χ0) is 16.5. The monoisotopic (exact) mass is 325 g/mol. The first-order valence-corrected chi connectivity index (χ1v) is 7.91. The number of aromatic nitrogens is 4. The molecule has 1 fully saturated rings. The number of fused-ring (bicyclic) bond motifs is 1. The third-order valence-corrected chi connectivity index (χ3v) is 4.29. The molecule has 1 aromatic carbocycles. The van der Waals surface area contributed by atoms with Crippen LogP contribution in [0, 0.1) is 0 Å². The molecule has 1 aliphatic carbocycles. The minimum atomic E-state index is 0.474. The Hall–Kier alpha value is -2.83. The Labute approximate surface area is 139 Å². The Bertz CT molecular complexity index is 859. The molecule has 124 valence electrons. The third kappa shape index (κ3) is 2.62. The smallest absolute Gasteiger partial charge is 0.182 e. The van der Waals surface area contributed by atoms with E-state index in [1.807, 2.05) is 18.2 Å². The maximum absolute atomic E-state index is 5.52. The molecule has 0 unspecified atom stereocenters. The van der Waals surface area contributed by atoms with Crippen LogP contribution in [0.2, 0.25) is 0 Å². The summed E-state index contributed by atoms with van der Waals surface area (Å²) in [5, 5.41) is 0. The molecule has 7 heteroatoms. The molecule has 0 radical (unpaired) electrons. The van der Waals surface area contributed by atoms with Crippen molar-refractivity contribution in [2.75, 3.05) is 19.1 Å². The first kappa shape index (κ1) is 14.7. The highest BCUT2D eigenvalue weighted by molar-refractivity contribution is 5.83. The van der Waals surface area contributed by atoms with Crippen molar-refractivity contribution in [3.05, 3.63) is 36.4 Å². The molecule has 24 heavy (non-hydrogen) atoms. The lowest BCUT2D eigenvalue weighted by Crippen LogP contribution is -2.26. The number of nitrogens with zero attached hydrogens (tertiary/aromatic N) is 4. The van der Waals surface area contributed by atoms with Gasteiger partial charge >= 0.3 is 0 Å². The summed E-state index contributed by atoms with van der Waals surface area (Å²) in [5.74, 6) is 2.54. The van der Waals surface area contributed by atoms with Gasteiger partial charge in [-0.15, -0.1) is 0 Å². The van der Waals surface area contributed by atoms with Gasteiger partial charge in [0, 0.05) is 18.2 Å². The summed E-state index contributed by atoms with van der Waals surface area (Å²) in [6.07, 6.45) is 5.54. The lowest BCUT2D eigenvalue weighted by atomic mass is 10.1. The first-order chi connectivity index (χ1) is 11.8. The van der Waals surface area contributed by atoms with E-state index in [1.165, 1.54) is 0 Å². The molecule has 2 aromatic heterocycles. The number of ether oxygens (including phenoxy) is 2. The summed E-state index contributed by atoms with van der Waals surface area (Å²) in [6, 6.07) is 6.33. The number of hydrogen-bond donors (Lipinski definition) is 1. The molecular weight excluding hydrogens is 306 g/mol. The summed E-state index contributed by atoms with van der Waals surface area (Å²) < 4.78 is 10.9. The van der Waals surface area contributed by atoms with Crippen LogP contribution in [0.3, 0.4) is 0 Å². The number of benzene rings is 1. The highest BCUT2D eigenvalue weighted by atomic mass is 16.5. The Kier molecular flexibility index (Phi) is 3.68. The topological polar surface area (TPSA) is 76.2 Å². The maximum Gasteiger partial charge on any atom is 0.182 e. The minimum absolute atomic E-state index is 0.474. The molecule has 0 saturated heterocycles. The van der Waals surface area contributed by atoms with Gasteiger partial charge < -0.3 is 19.4 Å². The van der Waals surface area contributed by atoms with E-state index >= 15 is 0 Å². The van der Waals surface area contributed by atoms with Gasteiger partial charge in [0.05, 0.1) is 20.5 Å². The van der Waals surface area contributed by atoms with Crippen LogP contribution in [0.25, 0.3) is 11.2 Å². The fourth-order valence-corrected chi connectivity index (χ4v) is 2.92. The molecule has 2 heterocycles. The van der Waals surface area contributed by atoms with Crippen LogP contribution in [0.5, 0.6) is 11.5 Å². The summed E-state index contributed by atoms with van der Waals surface area (Å²) in [6.45, 7) is 0.691. The highest BCUT2D eigenvalue weighted by Crippen LogP contribution is 2.36. The van der Waals surface area contributed by atoms with Crippen molar-refractivity contribution in [1.82, 2.24) is 19.9 Å². The van der Waals surface area contributed by atoms with E-state index in [-0.39, 0.29) is 0 Å². The van der Waals surface area contributed by atoms with Crippen molar-refractivity contribution in [3.63, 3.8) is 0 Å². The number of nitrogens with one attached hydrogen (secondary N) is 1. The van der Waals surface area contributed by atoms with Crippen molar-refractivity contribution in [3.8, 4) is 11.5 Å². The highest BCUT2D eigenvalue weighted by Gasteiger charge is 2.32. The van der Waals surface area contributed by atoms with Gasteiger partial charge in [-0.2, -0.15) is 0 Å². The normalized spacial score (nSPS) is 13.9. The zero-order valence-electron chi connectivity index (χ0n) is 13.7. The molecule has 0 aliphatic heterocycles. The molecule has 7 nitrogen and oxygen atoms in total. The van der Waals surface area contributed by atoms with E-state index in [2.05, 4.69) is 24.8 Å². The minimum Gasteiger partial charge on any atom is -0.497 e. The Morgan fingerprint density at radius 1 is 1.17 bits per heavy atom. The van der Waals surface area contributed by atoms with Crippen molar-refractivity contribution >= 4 is 17.0 Å².